The van der Waals surface area contributed by atoms with Gasteiger partial charge in [-0.05, 0) is 42.2 Å². The smallest absolute Gasteiger partial charge is 0.0464 e. The van der Waals surface area contributed by atoms with Crippen molar-refractivity contribution in [1.82, 2.24) is 5.43 Å². The van der Waals surface area contributed by atoms with Crippen molar-refractivity contribution in [2.45, 2.75) is 18.9 Å². The maximum atomic E-state index is 6.07. The Labute approximate surface area is 127 Å². The molecule has 1 unspecified atom stereocenters. The van der Waals surface area contributed by atoms with Gasteiger partial charge >= 0.3 is 0 Å². The van der Waals surface area contributed by atoms with Crippen LogP contribution in [0.25, 0.3) is 0 Å². The highest BCUT2D eigenvalue weighted by Crippen LogP contribution is 2.26. The van der Waals surface area contributed by atoms with E-state index in [1.807, 2.05) is 24.3 Å². The number of hydrazine groups is 1. The Bertz CT molecular complexity index is 511. The van der Waals surface area contributed by atoms with Gasteiger partial charge in [0.15, 0.2) is 0 Å². The maximum absolute atomic E-state index is 6.07. The normalized spacial score (nSPS) is 12.4. The van der Waals surface area contributed by atoms with Gasteiger partial charge in [0.25, 0.3) is 0 Å². The zero-order valence-corrected chi connectivity index (χ0v) is 12.8. The fourth-order valence-electron chi connectivity index (χ4n) is 2.08. The topological polar surface area (TPSA) is 38.0 Å². The molecule has 0 spiro atoms. The van der Waals surface area contributed by atoms with E-state index in [0.29, 0.717) is 5.02 Å². The fraction of sp³-hybridized carbons (Fsp3) is 0.200. The van der Waals surface area contributed by atoms with Crippen molar-refractivity contribution in [3.05, 3.63) is 69.2 Å². The van der Waals surface area contributed by atoms with E-state index in [0.717, 1.165) is 22.9 Å². The molecule has 0 saturated carbocycles. The SMILES string of the molecule is NNC(CCc1ccccc1)c1cc(Cl)cc(Br)c1. The van der Waals surface area contributed by atoms with Crippen LogP contribution in [-0.4, -0.2) is 0 Å². The Kier molecular flexibility index (Phi) is 5.40. The fourth-order valence-corrected chi connectivity index (χ4v) is 2.96. The van der Waals surface area contributed by atoms with Gasteiger partial charge in [0, 0.05) is 15.5 Å². The lowest BCUT2D eigenvalue weighted by atomic mass is 9.99. The number of nitrogens with two attached hydrogens (primary N) is 1. The monoisotopic (exact) mass is 338 g/mol. The summed E-state index contributed by atoms with van der Waals surface area (Å²) in [6.45, 7) is 0. The molecule has 2 aromatic carbocycles. The van der Waals surface area contributed by atoms with Crippen LogP contribution in [0, 0.1) is 0 Å². The first-order valence-electron chi connectivity index (χ1n) is 6.15. The first kappa shape index (κ1) is 14.5. The Hall–Kier alpha value is -0.870. The highest BCUT2D eigenvalue weighted by molar-refractivity contribution is 9.10. The number of benzene rings is 2. The largest absolute Gasteiger partial charge is 0.271 e. The Balaban J connectivity index is 2.07. The van der Waals surface area contributed by atoms with Crippen LogP contribution in [0.1, 0.15) is 23.6 Å². The van der Waals surface area contributed by atoms with E-state index in [9.17, 15) is 0 Å². The molecule has 2 nitrogen and oxygen atoms in total. The number of rotatable bonds is 5. The lowest BCUT2D eigenvalue weighted by molar-refractivity contribution is 0.516. The Morgan fingerprint density at radius 1 is 1.16 bits per heavy atom. The average Bonchev–Trinajstić information content (AvgIpc) is 2.39. The Morgan fingerprint density at radius 2 is 1.89 bits per heavy atom. The summed E-state index contributed by atoms with van der Waals surface area (Å²) in [4.78, 5) is 0. The van der Waals surface area contributed by atoms with Crippen molar-refractivity contribution in [2.24, 2.45) is 5.84 Å². The molecule has 0 bridgehead atoms. The molecule has 100 valence electrons. The van der Waals surface area contributed by atoms with E-state index < -0.39 is 0 Å². The van der Waals surface area contributed by atoms with Crippen LogP contribution in [0.3, 0.4) is 0 Å². The zero-order valence-electron chi connectivity index (χ0n) is 10.4. The molecule has 0 saturated heterocycles. The standard InChI is InChI=1S/C15H16BrClN2/c16-13-8-12(9-14(17)10-13)15(19-18)7-6-11-4-2-1-3-5-11/h1-5,8-10,15,19H,6-7,18H2. The first-order valence-corrected chi connectivity index (χ1v) is 7.32. The van der Waals surface area contributed by atoms with Crippen molar-refractivity contribution < 1.29 is 0 Å². The quantitative estimate of drug-likeness (QED) is 0.631. The summed E-state index contributed by atoms with van der Waals surface area (Å²) in [5, 5.41) is 0.712. The highest BCUT2D eigenvalue weighted by Gasteiger charge is 2.11. The molecule has 2 rings (SSSR count). The van der Waals surface area contributed by atoms with E-state index in [-0.39, 0.29) is 6.04 Å². The summed E-state index contributed by atoms with van der Waals surface area (Å²) in [6, 6.07) is 16.3. The maximum Gasteiger partial charge on any atom is 0.0464 e. The van der Waals surface area contributed by atoms with Gasteiger partial charge in [-0.25, -0.2) is 0 Å². The molecule has 2 aromatic rings. The van der Waals surface area contributed by atoms with Crippen molar-refractivity contribution in [2.75, 3.05) is 0 Å². The molecule has 0 aromatic heterocycles. The van der Waals surface area contributed by atoms with Gasteiger partial charge in [0.05, 0.1) is 0 Å². The molecule has 0 radical (unpaired) electrons. The third-order valence-corrected chi connectivity index (χ3v) is 3.73. The summed E-state index contributed by atoms with van der Waals surface area (Å²) in [5.41, 5.74) is 5.27. The van der Waals surface area contributed by atoms with Crippen molar-refractivity contribution in [1.29, 1.82) is 0 Å². The van der Waals surface area contributed by atoms with Crippen LogP contribution < -0.4 is 11.3 Å². The lowest BCUT2D eigenvalue weighted by Gasteiger charge is -2.17. The molecule has 4 heteroatoms. The molecule has 0 aliphatic rings. The predicted octanol–water partition coefficient (Wildman–Crippen LogP) is 4.24. The molecule has 0 amide bonds. The summed E-state index contributed by atoms with van der Waals surface area (Å²) < 4.78 is 0.968. The minimum atomic E-state index is 0.0928. The van der Waals surface area contributed by atoms with Crippen LogP contribution in [0.15, 0.2) is 53.0 Å². The molecule has 0 heterocycles. The molecular formula is C15H16BrClN2. The van der Waals surface area contributed by atoms with E-state index in [1.54, 1.807) is 0 Å². The van der Waals surface area contributed by atoms with Gasteiger partial charge in [-0.1, -0.05) is 57.9 Å². The van der Waals surface area contributed by atoms with Crippen LogP contribution in [0.5, 0.6) is 0 Å². The minimum Gasteiger partial charge on any atom is -0.271 e. The van der Waals surface area contributed by atoms with Crippen LogP contribution in [0.2, 0.25) is 5.02 Å². The number of aryl methyl sites for hydroxylation is 1. The summed E-state index contributed by atoms with van der Waals surface area (Å²) in [6.07, 6.45) is 1.90. The van der Waals surface area contributed by atoms with Crippen LogP contribution in [-0.2, 0) is 6.42 Å². The van der Waals surface area contributed by atoms with Gasteiger partial charge in [0.1, 0.15) is 0 Å². The van der Waals surface area contributed by atoms with Gasteiger partial charge in [-0.15, -0.1) is 0 Å². The summed E-state index contributed by atoms with van der Waals surface area (Å²) >= 11 is 9.52. The number of hydrogen-bond donors (Lipinski definition) is 2. The second-order valence-corrected chi connectivity index (χ2v) is 5.80. The molecule has 19 heavy (non-hydrogen) atoms. The van der Waals surface area contributed by atoms with Gasteiger partial charge in [0.2, 0.25) is 0 Å². The lowest BCUT2D eigenvalue weighted by Crippen LogP contribution is -2.28. The van der Waals surface area contributed by atoms with Crippen LogP contribution >= 0.6 is 27.5 Å². The van der Waals surface area contributed by atoms with Crippen molar-refractivity contribution in [3.63, 3.8) is 0 Å². The third-order valence-electron chi connectivity index (χ3n) is 3.05. The van der Waals surface area contributed by atoms with Crippen molar-refractivity contribution >= 4 is 27.5 Å². The molecule has 0 fully saturated rings. The zero-order chi connectivity index (χ0) is 13.7. The number of halogens is 2. The molecule has 0 aliphatic carbocycles. The van der Waals surface area contributed by atoms with Gasteiger partial charge in [-0.2, -0.15) is 0 Å². The van der Waals surface area contributed by atoms with Gasteiger partial charge < -0.3 is 0 Å². The highest BCUT2D eigenvalue weighted by atomic mass is 79.9. The molecule has 0 aliphatic heterocycles. The summed E-state index contributed by atoms with van der Waals surface area (Å²) in [7, 11) is 0. The Morgan fingerprint density at radius 3 is 2.53 bits per heavy atom. The van der Waals surface area contributed by atoms with E-state index >= 15 is 0 Å². The molecule has 3 N–H and O–H groups in total. The van der Waals surface area contributed by atoms with Crippen LogP contribution in [0.4, 0.5) is 0 Å². The van der Waals surface area contributed by atoms with E-state index in [2.05, 4.69) is 45.6 Å². The molecule has 1 atom stereocenters. The van der Waals surface area contributed by atoms with Gasteiger partial charge in [-0.3, -0.25) is 11.3 Å². The third kappa shape index (κ3) is 4.32. The number of hydrogen-bond acceptors (Lipinski definition) is 2. The minimum absolute atomic E-state index is 0.0928. The first-order chi connectivity index (χ1) is 9.19. The van der Waals surface area contributed by atoms with E-state index in [1.165, 1.54) is 5.56 Å². The second kappa shape index (κ2) is 7.06. The van der Waals surface area contributed by atoms with Crippen molar-refractivity contribution in [3.8, 4) is 0 Å². The predicted molar refractivity (Wildman–Crippen MR) is 84.0 cm³/mol. The molecular weight excluding hydrogens is 324 g/mol. The second-order valence-electron chi connectivity index (χ2n) is 4.45. The average molecular weight is 340 g/mol. The van der Waals surface area contributed by atoms with E-state index in [4.69, 9.17) is 17.4 Å². The summed E-state index contributed by atoms with van der Waals surface area (Å²) in [5.74, 6) is 5.66. The number of nitrogens with one attached hydrogen (secondary N) is 1.